The van der Waals surface area contributed by atoms with Gasteiger partial charge in [0.25, 0.3) is 0 Å². The molecule has 2 bridgehead atoms. The van der Waals surface area contributed by atoms with Crippen molar-refractivity contribution >= 4 is 30.0 Å². The molecule has 0 spiro atoms. The van der Waals surface area contributed by atoms with Gasteiger partial charge in [0, 0.05) is 11.8 Å². The SMILES string of the molecule is O=C(COC(=O)C(SOO[O-])(C(F)(F)F)C(F)(F)F)OC1C2CC3C(=O)OC1C3C2. The second-order valence-electron chi connectivity index (χ2n) is 6.83. The molecule has 1 heterocycles. The van der Waals surface area contributed by atoms with E-state index in [1.807, 2.05) is 0 Å². The number of halogens is 6. The van der Waals surface area contributed by atoms with Crippen LogP contribution in [0.15, 0.2) is 0 Å². The summed E-state index contributed by atoms with van der Waals surface area (Å²) in [6.07, 6.45) is -13.5. The summed E-state index contributed by atoms with van der Waals surface area (Å²) in [5, 5.41) is 12.2. The number of rotatable bonds is 7. The summed E-state index contributed by atoms with van der Waals surface area (Å²) in [4.78, 5) is 35.2. The number of carbonyl (C=O) groups excluding carboxylic acids is 3. The maximum Gasteiger partial charge on any atom is 0.425 e. The number of carbonyl (C=O) groups is 3. The van der Waals surface area contributed by atoms with Crippen LogP contribution in [0.5, 0.6) is 0 Å². The van der Waals surface area contributed by atoms with Gasteiger partial charge in [0.2, 0.25) is 0 Å². The Bertz CT molecular complexity index is 712. The van der Waals surface area contributed by atoms with Crippen molar-refractivity contribution in [3.05, 3.63) is 0 Å². The second kappa shape index (κ2) is 7.72. The van der Waals surface area contributed by atoms with Crippen LogP contribution in [0.4, 0.5) is 26.3 Å². The molecule has 0 amide bonds. The van der Waals surface area contributed by atoms with E-state index in [-0.39, 0.29) is 17.8 Å². The molecule has 5 atom stereocenters. The van der Waals surface area contributed by atoms with E-state index in [9.17, 15) is 46.0 Å². The zero-order valence-corrected chi connectivity index (χ0v) is 15.2. The third-order valence-corrected chi connectivity index (χ3v) is 6.28. The minimum Gasteiger partial charge on any atom is -0.691 e. The fraction of sp³-hybridized carbons (Fsp3) is 0.786. The van der Waals surface area contributed by atoms with Crippen molar-refractivity contribution in [1.29, 1.82) is 0 Å². The molecular weight excluding hydrogens is 458 g/mol. The Kier molecular flexibility index (Phi) is 5.90. The molecule has 3 rings (SSSR count). The van der Waals surface area contributed by atoms with Gasteiger partial charge in [-0.1, -0.05) is 0 Å². The number of esters is 3. The van der Waals surface area contributed by atoms with Crippen LogP contribution in [0.3, 0.4) is 0 Å². The Morgan fingerprint density at radius 3 is 2.33 bits per heavy atom. The maximum absolute atomic E-state index is 13.1. The van der Waals surface area contributed by atoms with E-state index >= 15 is 0 Å². The molecule has 0 radical (unpaired) electrons. The van der Waals surface area contributed by atoms with E-state index in [2.05, 4.69) is 14.1 Å². The molecule has 1 aliphatic heterocycles. The van der Waals surface area contributed by atoms with Crippen molar-refractivity contribution in [2.45, 2.75) is 42.1 Å². The summed E-state index contributed by atoms with van der Waals surface area (Å²) in [5.74, 6) is -5.65. The lowest BCUT2D eigenvalue weighted by molar-refractivity contribution is -0.777. The predicted octanol–water partition coefficient (Wildman–Crippen LogP) is 0.758. The molecule has 5 unspecified atom stereocenters. The lowest BCUT2D eigenvalue weighted by Gasteiger charge is -2.32. The van der Waals surface area contributed by atoms with Crippen molar-refractivity contribution in [2.24, 2.45) is 17.8 Å². The largest absolute Gasteiger partial charge is 0.691 e. The van der Waals surface area contributed by atoms with Crippen LogP contribution >= 0.6 is 12.0 Å². The normalized spacial score (nSPS) is 30.4. The van der Waals surface area contributed by atoms with Crippen molar-refractivity contribution in [3.63, 3.8) is 0 Å². The molecular formula is C14H11F6O9S-. The van der Waals surface area contributed by atoms with Gasteiger partial charge in [-0.05, 0) is 12.8 Å². The molecule has 170 valence electrons. The Balaban J connectivity index is 1.65. The van der Waals surface area contributed by atoms with Gasteiger partial charge in [0.15, 0.2) is 6.61 Å². The monoisotopic (exact) mass is 469 g/mol. The molecule has 0 aromatic heterocycles. The maximum atomic E-state index is 13.1. The van der Waals surface area contributed by atoms with Crippen LogP contribution < -0.4 is 5.26 Å². The van der Waals surface area contributed by atoms with Gasteiger partial charge in [-0.3, -0.25) is 9.83 Å². The molecule has 3 aliphatic rings. The Morgan fingerprint density at radius 1 is 1.13 bits per heavy atom. The fourth-order valence-electron chi connectivity index (χ4n) is 4.06. The Labute approximate surface area is 166 Å². The average Bonchev–Trinajstić information content (AvgIpc) is 3.23. The van der Waals surface area contributed by atoms with E-state index in [0.29, 0.717) is 12.8 Å². The van der Waals surface area contributed by atoms with E-state index in [1.54, 1.807) is 0 Å². The van der Waals surface area contributed by atoms with Gasteiger partial charge in [0.05, 0.1) is 18.0 Å². The highest BCUT2D eigenvalue weighted by Gasteiger charge is 2.79. The van der Waals surface area contributed by atoms with Crippen molar-refractivity contribution < 1.29 is 69.6 Å². The highest BCUT2D eigenvalue weighted by molar-refractivity contribution is 7.96. The molecule has 2 saturated carbocycles. The lowest BCUT2D eigenvalue weighted by Crippen LogP contribution is -2.60. The quantitative estimate of drug-likeness (QED) is 0.132. The number of alkyl halides is 6. The summed E-state index contributed by atoms with van der Waals surface area (Å²) >= 11 is -1.67. The highest BCUT2D eigenvalue weighted by Crippen LogP contribution is 2.56. The molecule has 16 heteroatoms. The minimum atomic E-state index is -6.34. The smallest absolute Gasteiger partial charge is 0.425 e. The zero-order chi connectivity index (χ0) is 22.5. The fourth-order valence-corrected chi connectivity index (χ4v) is 4.51. The first-order valence-electron chi connectivity index (χ1n) is 8.18. The van der Waals surface area contributed by atoms with E-state index in [4.69, 9.17) is 9.47 Å². The van der Waals surface area contributed by atoms with Gasteiger partial charge in [-0.25, -0.2) is 9.59 Å². The van der Waals surface area contributed by atoms with Gasteiger partial charge < -0.3 is 19.5 Å². The standard InChI is InChI=1S/C14H12F6O9S/c15-13(16,17)12(14(18,19)20,30-29-28-24)11(23)25-3-7(21)26-8-4-1-5-6(2-4)10(22)27-9(5)8/h4-6,8-9,24H,1-3H2/p-1. The summed E-state index contributed by atoms with van der Waals surface area (Å²) in [6, 6.07) is 0. The van der Waals surface area contributed by atoms with E-state index in [0.717, 1.165) is 0 Å². The zero-order valence-electron chi connectivity index (χ0n) is 14.4. The van der Waals surface area contributed by atoms with Crippen LogP contribution in [0.1, 0.15) is 12.8 Å². The van der Waals surface area contributed by atoms with Gasteiger partial charge in [0.1, 0.15) is 12.2 Å². The summed E-state index contributed by atoms with van der Waals surface area (Å²) in [5.41, 5.74) is 0. The van der Waals surface area contributed by atoms with E-state index in [1.165, 1.54) is 0 Å². The summed E-state index contributed by atoms with van der Waals surface area (Å²) < 4.78 is 90.3. The van der Waals surface area contributed by atoms with Crippen molar-refractivity contribution in [3.8, 4) is 0 Å². The number of ether oxygens (including phenoxy) is 3. The van der Waals surface area contributed by atoms with Crippen LogP contribution in [-0.4, -0.2) is 53.8 Å². The van der Waals surface area contributed by atoms with Crippen molar-refractivity contribution in [1.82, 2.24) is 0 Å². The third-order valence-electron chi connectivity index (χ3n) is 5.28. The Hall–Kier alpha value is -1.78. The molecule has 1 saturated heterocycles. The minimum absolute atomic E-state index is 0.188. The van der Waals surface area contributed by atoms with E-state index < -0.39 is 65.9 Å². The summed E-state index contributed by atoms with van der Waals surface area (Å²) in [7, 11) is 0. The first kappa shape index (κ1) is 22.9. The van der Waals surface area contributed by atoms with Gasteiger partial charge in [-0.2, -0.15) is 30.7 Å². The van der Waals surface area contributed by atoms with Gasteiger partial charge in [-0.15, -0.1) is 0 Å². The Morgan fingerprint density at radius 2 is 1.77 bits per heavy atom. The van der Waals surface area contributed by atoms with Gasteiger partial charge >= 0.3 is 35.0 Å². The van der Waals surface area contributed by atoms with Crippen LogP contribution in [0.25, 0.3) is 0 Å². The third kappa shape index (κ3) is 3.58. The van der Waals surface area contributed by atoms with Crippen LogP contribution in [0, 0.1) is 17.8 Å². The number of hydrogen-bond donors (Lipinski definition) is 0. The molecule has 0 N–H and O–H groups in total. The predicted molar refractivity (Wildman–Crippen MR) is 75.0 cm³/mol. The lowest BCUT2D eigenvalue weighted by atomic mass is 9.88. The second-order valence-corrected chi connectivity index (χ2v) is 7.75. The van der Waals surface area contributed by atoms with Crippen molar-refractivity contribution in [2.75, 3.05) is 6.61 Å². The molecule has 0 aromatic carbocycles. The van der Waals surface area contributed by atoms with Crippen LogP contribution in [-0.2, 0) is 38.0 Å². The number of hydrogen-bond acceptors (Lipinski definition) is 10. The first-order valence-corrected chi connectivity index (χ1v) is 8.92. The number of fused-ring (bicyclic) bond motifs is 1. The molecule has 30 heavy (non-hydrogen) atoms. The topological polar surface area (TPSA) is 120 Å². The first-order chi connectivity index (χ1) is 13.8. The molecule has 0 aromatic rings. The molecule has 2 aliphatic carbocycles. The average molecular weight is 469 g/mol. The molecule has 3 fully saturated rings. The highest BCUT2D eigenvalue weighted by atomic mass is 32.2. The van der Waals surface area contributed by atoms with Crippen LogP contribution in [0.2, 0.25) is 0 Å². The molecule has 9 nitrogen and oxygen atoms in total. The summed E-state index contributed by atoms with van der Waals surface area (Å²) in [6.45, 7) is -1.59.